The number of hydrogen-bond acceptors (Lipinski definition) is 4. The summed E-state index contributed by atoms with van der Waals surface area (Å²) in [7, 11) is -3.25. The maximum absolute atomic E-state index is 12.1. The number of likely N-dealkylation sites (tertiary alicyclic amines) is 1. The van der Waals surface area contributed by atoms with Gasteiger partial charge < -0.3 is 11.1 Å². The van der Waals surface area contributed by atoms with E-state index in [0.717, 1.165) is 56.3 Å². The lowest BCUT2D eigenvalue weighted by molar-refractivity contribution is -0.119. The van der Waals surface area contributed by atoms with Crippen LogP contribution in [-0.4, -0.2) is 52.8 Å². The third-order valence-corrected chi connectivity index (χ3v) is 9.58. The van der Waals surface area contributed by atoms with E-state index in [9.17, 15) is 13.2 Å². The Hall–Kier alpha value is -2.22. The molecule has 4 rings (SSSR count). The molecule has 35 heavy (non-hydrogen) atoms. The van der Waals surface area contributed by atoms with Gasteiger partial charge in [-0.3, -0.25) is 9.28 Å². The zero-order chi connectivity index (χ0) is 25.1. The van der Waals surface area contributed by atoms with Gasteiger partial charge in [0.2, 0.25) is 5.91 Å². The van der Waals surface area contributed by atoms with Crippen molar-refractivity contribution in [2.45, 2.75) is 55.9 Å². The summed E-state index contributed by atoms with van der Waals surface area (Å²) < 4.78 is 25.1. The molecule has 2 saturated heterocycles. The van der Waals surface area contributed by atoms with Crippen molar-refractivity contribution in [3.8, 4) is 0 Å². The van der Waals surface area contributed by atoms with Crippen molar-refractivity contribution in [2.75, 3.05) is 32.4 Å². The minimum Gasteiger partial charge on any atom is -0.370 e. The third-order valence-electron chi connectivity index (χ3n) is 8.45. The number of quaternary nitrogens is 1. The van der Waals surface area contributed by atoms with Crippen LogP contribution in [0.25, 0.3) is 0 Å². The van der Waals surface area contributed by atoms with E-state index in [1.807, 2.05) is 12.1 Å². The van der Waals surface area contributed by atoms with Crippen LogP contribution in [0.2, 0.25) is 0 Å². The Morgan fingerprint density at radius 2 is 1.71 bits per heavy atom. The molecule has 7 heteroatoms. The van der Waals surface area contributed by atoms with E-state index < -0.39 is 9.84 Å². The van der Waals surface area contributed by atoms with Gasteiger partial charge in [0.1, 0.15) is 5.69 Å². The number of amides is 1. The molecule has 3 N–H and O–H groups in total. The number of benzene rings is 2. The molecule has 2 aliphatic rings. The Morgan fingerprint density at radius 1 is 1.06 bits per heavy atom. The van der Waals surface area contributed by atoms with Crippen LogP contribution in [0.1, 0.15) is 50.5 Å². The van der Waals surface area contributed by atoms with Gasteiger partial charge >= 0.3 is 0 Å². The molecule has 0 saturated carbocycles. The number of nitrogens with one attached hydrogen (secondary N) is 1. The molecule has 3 atom stereocenters. The molecule has 1 amide bonds. The second-order valence-electron chi connectivity index (χ2n) is 10.5. The highest BCUT2D eigenvalue weighted by atomic mass is 32.2. The van der Waals surface area contributed by atoms with Crippen LogP contribution in [0, 0.1) is 11.8 Å². The molecule has 2 aromatic carbocycles. The van der Waals surface area contributed by atoms with E-state index >= 15 is 0 Å². The normalized spacial score (nSPS) is 28.3. The smallest absolute Gasteiger partial charge is 0.217 e. The zero-order valence-electron chi connectivity index (χ0n) is 21.0. The van der Waals surface area contributed by atoms with Crippen molar-refractivity contribution in [1.29, 1.82) is 0 Å². The molecule has 3 unspecified atom stereocenters. The van der Waals surface area contributed by atoms with Crippen molar-refractivity contribution < 1.29 is 13.2 Å². The van der Waals surface area contributed by atoms with Gasteiger partial charge in [-0.2, -0.15) is 0 Å². The number of rotatable bonds is 8. The number of piperidine rings is 2. The fraction of sp³-hybridized carbons (Fsp3) is 0.536. The van der Waals surface area contributed by atoms with Crippen LogP contribution in [-0.2, 0) is 14.6 Å². The SMILES string of the molecule is CCC(C1CCNCC1c1ccccc1)[N+]1(c2ccc(S(C)(=O)=O)cc2)CCC(CC(N)=O)CC1. The number of hydrogen-bond donors (Lipinski definition) is 2. The highest BCUT2D eigenvalue weighted by molar-refractivity contribution is 7.90. The number of sulfone groups is 1. The van der Waals surface area contributed by atoms with Gasteiger partial charge in [-0.05, 0) is 43.0 Å². The molecule has 0 aromatic heterocycles. The lowest BCUT2D eigenvalue weighted by Crippen LogP contribution is -2.64. The number of nitrogens with zero attached hydrogens (tertiary/aromatic N) is 1. The van der Waals surface area contributed by atoms with Gasteiger partial charge in [0.15, 0.2) is 9.84 Å². The first-order valence-corrected chi connectivity index (χ1v) is 14.8. The highest BCUT2D eigenvalue weighted by Crippen LogP contribution is 2.43. The molecular weight excluding hydrogens is 458 g/mol. The minimum atomic E-state index is -3.25. The van der Waals surface area contributed by atoms with Gasteiger partial charge in [-0.15, -0.1) is 0 Å². The minimum absolute atomic E-state index is 0.220. The molecule has 0 radical (unpaired) electrons. The fourth-order valence-corrected chi connectivity index (χ4v) is 7.40. The second kappa shape index (κ2) is 10.8. The van der Waals surface area contributed by atoms with Gasteiger partial charge in [0, 0.05) is 56.0 Å². The maximum Gasteiger partial charge on any atom is 0.217 e. The Balaban J connectivity index is 1.73. The first kappa shape index (κ1) is 25.9. The Labute approximate surface area is 210 Å². The van der Waals surface area contributed by atoms with E-state index in [-0.39, 0.29) is 5.91 Å². The fourth-order valence-electron chi connectivity index (χ4n) is 6.77. The summed E-state index contributed by atoms with van der Waals surface area (Å²) in [6, 6.07) is 18.8. The lowest BCUT2D eigenvalue weighted by atomic mass is 9.73. The number of carbonyl (C=O) groups excluding carboxylic acids is 1. The van der Waals surface area contributed by atoms with Crippen molar-refractivity contribution in [2.24, 2.45) is 17.6 Å². The predicted molar refractivity (Wildman–Crippen MR) is 142 cm³/mol. The molecule has 0 spiro atoms. The van der Waals surface area contributed by atoms with Gasteiger partial charge in [-0.25, -0.2) is 8.42 Å². The zero-order valence-corrected chi connectivity index (χ0v) is 21.8. The molecule has 2 fully saturated rings. The molecule has 2 aliphatic heterocycles. The van der Waals surface area contributed by atoms with Crippen LogP contribution >= 0.6 is 0 Å². The van der Waals surface area contributed by atoms with Gasteiger partial charge in [-0.1, -0.05) is 37.3 Å². The van der Waals surface area contributed by atoms with Crippen LogP contribution in [0.5, 0.6) is 0 Å². The standard InChI is InChI=1S/C28H39N3O3S/c1-3-27(25-13-16-30-20-26(25)22-7-5-4-6-8-22)31(17-14-21(15-18-31)19-28(29)32)23-9-11-24(12-10-23)35(2,33)34/h4-12,21,25-27,30H,3,13-20H2,1-2H3,(H-,29,32)/p+1. The molecule has 2 heterocycles. The van der Waals surface area contributed by atoms with E-state index in [4.69, 9.17) is 5.73 Å². The predicted octanol–water partition coefficient (Wildman–Crippen LogP) is 3.85. The van der Waals surface area contributed by atoms with Crippen LogP contribution < -0.4 is 15.5 Å². The van der Waals surface area contributed by atoms with Crippen LogP contribution in [0.3, 0.4) is 0 Å². The Bertz CT molecular complexity index is 1090. The molecule has 6 nitrogen and oxygen atoms in total. The summed E-state index contributed by atoms with van der Waals surface area (Å²) in [4.78, 5) is 12.0. The average Bonchev–Trinajstić information content (AvgIpc) is 2.86. The number of primary amides is 1. The molecular formula is C28H40N3O3S+. The van der Waals surface area contributed by atoms with Crippen molar-refractivity contribution in [1.82, 2.24) is 9.80 Å². The summed E-state index contributed by atoms with van der Waals surface area (Å²) >= 11 is 0. The molecule has 2 aromatic rings. The molecule has 0 bridgehead atoms. The topological polar surface area (TPSA) is 89.3 Å². The average molecular weight is 499 g/mol. The molecule has 190 valence electrons. The number of nitrogens with two attached hydrogens (primary N) is 1. The second-order valence-corrected chi connectivity index (χ2v) is 12.5. The quantitative estimate of drug-likeness (QED) is 0.541. The van der Waals surface area contributed by atoms with Crippen LogP contribution in [0.4, 0.5) is 5.69 Å². The van der Waals surface area contributed by atoms with Crippen molar-refractivity contribution in [3.63, 3.8) is 0 Å². The highest BCUT2D eigenvalue weighted by Gasteiger charge is 2.48. The number of carbonyl (C=O) groups is 1. The summed E-state index contributed by atoms with van der Waals surface area (Å²) in [5, 5.41) is 3.63. The summed E-state index contributed by atoms with van der Waals surface area (Å²) in [6.07, 6.45) is 5.77. The van der Waals surface area contributed by atoms with E-state index in [1.54, 1.807) is 12.1 Å². The van der Waals surface area contributed by atoms with E-state index in [2.05, 4.69) is 42.6 Å². The lowest BCUT2D eigenvalue weighted by Gasteiger charge is -2.52. The summed E-state index contributed by atoms with van der Waals surface area (Å²) in [5.74, 6) is 1.04. The first-order valence-electron chi connectivity index (χ1n) is 13.0. The largest absolute Gasteiger partial charge is 0.370 e. The first-order chi connectivity index (χ1) is 16.7. The molecule has 0 aliphatic carbocycles. The summed E-state index contributed by atoms with van der Waals surface area (Å²) in [6.45, 7) is 6.18. The van der Waals surface area contributed by atoms with Crippen LogP contribution in [0.15, 0.2) is 59.5 Å². The van der Waals surface area contributed by atoms with Gasteiger partial charge in [0.05, 0.1) is 24.0 Å². The van der Waals surface area contributed by atoms with Crippen molar-refractivity contribution >= 4 is 21.4 Å². The van der Waals surface area contributed by atoms with Gasteiger partial charge in [0.25, 0.3) is 0 Å². The van der Waals surface area contributed by atoms with E-state index in [1.165, 1.54) is 17.5 Å². The Morgan fingerprint density at radius 3 is 2.29 bits per heavy atom. The monoisotopic (exact) mass is 498 g/mol. The summed E-state index contributed by atoms with van der Waals surface area (Å²) in [5.41, 5.74) is 8.11. The van der Waals surface area contributed by atoms with Crippen molar-refractivity contribution in [3.05, 3.63) is 60.2 Å². The maximum atomic E-state index is 12.1. The third kappa shape index (κ3) is 5.63. The Kier molecular flexibility index (Phi) is 7.99. The van der Waals surface area contributed by atoms with E-state index in [0.29, 0.717) is 35.1 Å².